The van der Waals surface area contributed by atoms with E-state index in [1.54, 1.807) is 26.0 Å². The number of hydroxylamine groups is 2. The molecule has 0 saturated heterocycles. The maximum Gasteiger partial charge on any atom is 0.339 e. The van der Waals surface area contributed by atoms with Crippen LogP contribution in [0.1, 0.15) is 29.8 Å². The van der Waals surface area contributed by atoms with Gasteiger partial charge in [0.2, 0.25) is 0 Å². The quantitative estimate of drug-likeness (QED) is 0.420. The smallest absolute Gasteiger partial charge is 0.339 e. The fourth-order valence-electron chi connectivity index (χ4n) is 1.36. The Balaban J connectivity index is 3.10. The lowest BCUT2D eigenvalue weighted by Gasteiger charge is -2.12. The third kappa shape index (κ3) is 3.85. The number of rotatable bonds is 4. The first-order chi connectivity index (χ1) is 8.41. The van der Waals surface area contributed by atoms with E-state index >= 15 is 0 Å². The van der Waals surface area contributed by atoms with Crippen LogP contribution in [0.15, 0.2) is 30.5 Å². The van der Waals surface area contributed by atoms with Crippen LogP contribution < -0.4 is 5.23 Å². The number of hydrogen-bond donors (Lipinski definition) is 3. The monoisotopic (exact) mass is 253 g/mol. The number of nitrogens with one attached hydrogen (secondary N) is 1. The van der Waals surface area contributed by atoms with Crippen molar-refractivity contribution in [3.05, 3.63) is 46.8 Å². The Hall–Kier alpha value is -1.89. The normalized spacial score (nSPS) is 13.5. The zero-order valence-corrected chi connectivity index (χ0v) is 10.1. The number of benzene rings is 1. The molecule has 1 rings (SSSR count). The lowest BCUT2D eigenvalue weighted by atomic mass is 10.1. The maximum absolute atomic E-state index is 11.8. The van der Waals surface area contributed by atoms with Gasteiger partial charge in [-0.25, -0.2) is 10.0 Å². The highest BCUT2D eigenvalue weighted by atomic mass is 16.8. The predicted octanol–water partition coefficient (Wildman–Crippen LogP) is 0.880. The average molecular weight is 253 g/mol. The summed E-state index contributed by atoms with van der Waals surface area (Å²) < 4.78 is 5.01. The summed E-state index contributed by atoms with van der Waals surface area (Å²) in [5, 5.41) is 27.4. The molecule has 0 fully saturated rings. The molecule has 0 amide bonds. The molecule has 1 unspecified atom stereocenters. The topological polar surface area (TPSA) is 94.3 Å². The van der Waals surface area contributed by atoms with Gasteiger partial charge in [-0.15, -0.1) is 0 Å². The largest absolute Gasteiger partial charge is 0.595 e. The van der Waals surface area contributed by atoms with Crippen molar-refractivity contribution in [2.75, 3.05) is 0 Å². The van der Waals surface area contributed by atoms with Crippen LogP contribution in [0.2, 0.25) is 0 Å². The van der Waals surface area contributed by atoms with E-state index in [1.807, 2.05) is 0 Å². The summed E-state index contributed by atoms with van der Waals surface area (Å²) >= 11 is 0. The first kappa shape index (κ1) is 14.2. The average Bonchev–Trinajstić information content (AvgIpc) is 2.27. The molecule has 0 radical (unpaired) electrons. The van der Waals surface area contributed by atoms with Crippen LogP contribution in [0, 0.1) is 5.21 Å². The summed E-state index contributed by atoms with van der Waals surface area (Å²) in [5.41, 5.74) is 0.256. The minimum absolute atomic E-state index is 0.126. The molecule has 0 aromatic heterocycles. The van der Waals surface area contributed by atoms with Gasteiger partial charge in [0.1, 0.15) is 0 Å². The third-order valence-electron chi connectivity index (χ3n) is 2.03. The molecular formula is C12H15NO5. The molecule has 0 bridgehead atoms. The Morgan fingerprint density at radius 3 is 2.44 bits per heavy atom. The molecule has 6 nitrogen and oxygen atoms in total. The highest BCUT2D eigenvalue weighted by molar-refractivity contribution is 5.94. The van der Waals surface area contributed by atoms with Crippen LogP contribution in [0.5, 0.6) is 0 Å². The first-order valence-electron chi connectivity index (χ1n) is 5.35. The van der Waals surface area contributed by atoms with Gasteiger partial charge in [0.25, 0.3) is 0 Å². The highest BCUT2D eigenvalue weighted by Gasteiger charge is 2.16. The number of quaternary nitrogens is 1. The van der Waals surface area contributed by atoms with Gasteiger partial charge in [0.15, 0.2) is 12.0 Å². The second-order valence-electron chi connectivity index (χ2n) is 3.87. The lowest BCUT2D eigenvalue weighted by molar-refractivity contribution is -1.00. The van der Waals surface area contributed by atoms with E-state index < -0.39 is 17.0 Å². The fraction of sp³-hybridized carbons (Fsp3) is 0.250. The number of carbonyl (C=O) groups is 1. The Labute approximate surface area is 104 Å². The maximum atomic E-state index is 11.8. The minimum atomic E-state index is -1.29. The number of aliphatic hydroxyl groups is 1. The van der Waals surface area contributed by atoms with Crippen molar-refractivity contribution in [2.24, 2.45) is 0 Å². The van der Waals surface area contributed by atoms with Crippen molar-refractivity contribution in [2.45, 2.75) is 20.0 Å². The van der Waals surface area contributed by atoms with E-state index in [1.165, 1.54) is 12.1 Å². The predicted molar refractivity (Wildman–Crippen MR) is 63.7 cm³/mol. The van der Waals surface area contributed by atoms with Gasteiger partial charge in [-0.2, -0.15) is 5.23 Å². The van der Waals surface area contributed by atoms with Crippen LogP contribution in [-0.4, -0.2) is 22.4 Å². The molecule has 0 aliphatic carbocycles. The van der Waals surface area contributed by atoms with Crippen LogP contribution >= 0.6 is 0 Å². The molecule has 98 valence electrons. The first-order valence-corrected chi connectivity index (χ1v) is 5.35. The Kier molecular flexibility index (Phi) is 4.85. The van der Waals surface area contributed by atoms with Gasteiger partial charge in [-0.3, -0.25) is 0 Å². The number of esters is 1. The molecule has 0 aliphatic rings. The second kappa shape index (κ2) is 6.15. The highest BCUT2D eigenvalue weighted by Crippen LogP contribution is 2.17. The van der Waals surface area contributed by atoms with E-state index in [-0.39, 0.29) is 17.2 Å². The van der Waals surface area contributed by atoms with E-state index in [9.17, 15) is 15.1 Å². The number of hydrogen-bond acceptors (Lipinski definition) is 5. The number of ether oxygens (including phenoxy) is 1. The van der Waals surface area contributed by atoms with Crippen LogP contribution in [0.4, 0.5) is 0 Å². The lowest BCUT2D eigenvalue weighted by Crippen LogP contribution is -2.99. The summed E-state index contributed by atoms with van der Waals surface area (Å²) in [4.78, 5) is 11.8. The molecule has 0 aliphatic heterocycles. The van der Waals surface area contributed by atoms with Gasteiger partial charge in [-0.05, 0) is 19.9 Å². The summed E-state index contributed by atoms with van der Waals surface area (Å²) in [6.07, 6.45) is 0.331. The summed E-state index contributed by atoms with van der Waals surface area (Å²) in [7, 11) is 0. The Morgan fingerprint density at radius 1 is 1.39 bits per heavy atom. The van der Waals surface area contributed by atoms with E-state index in [0.717, 1.165) is 0 Å². The van der Waals surface area contributed by atoms with Crippen LogP contribution in [0.25, 0.3) is 5.76 Å². The van der Waals surface area contributed by atoms with Crippen molar-refractivity contribution >= 4 is 11.7 Å². The molecule has 0 saturated carbocycles. The second-order valence-corrected chi connectivity index (χ2v) is 3.87. The zero-order chi connectivity index (χ0) is 13.7. The summed E-state index contributed by atoms with van der Waals surface area (Å²) in [6, 6.07) is 6.11. The fourth-order valence-corrected chi connectivity index (χ4v) is 1.36. The zero-order valence-electron chi connectivity index (χ0n) is 10.1. The molecule has 0 heterocycles. The third-order valence-corrected chi connectivity index (χ3v) is 2.03. The Morgan fingerprint density at radius 2 is 1.94 bits per heavy atom. The molecule has 6 heteroatoms. The molecule has 0 spiro atoms. The Bertz CT molecular complexity index is 454. The van der Waals surface area contributed by atoms with E-state index in [0.29, 0.717) is 6.20 Å². The van der Waals surface area contributed by atoms with Crippen LogP contribution in [-0.2, 0) is 4.74 Å². The molecule has 1 atom stereocenters. The molecular weight excluding hydrogens is 238 g/mol. The van der Waals surface area contributed by atoms with Gasteiger partial charge in [0, 0.05) is 5.56 Å². The van der Waals surface area contributed by atoms with Crippen molar-refractivity contribution in [3.8, 4) is 0 Å². The van der Waals surface area contributed by atoms with Crippen molar-refractivity contribution in [3.63, 3.8) is 0 Å². The summed E-state index contributed by atoms with van der Waals surface area (Å²) in [6.45, 7) is 3.40. The molecule has 3 N–H and O–H groups in total. The molecule has 18 heavy (non-hydrogen) atoms. The van der Waals surface area contributed by atoms with Crippen molar-refractivity contribution in [1.29, 1.82) is 0 Å². The van der Waals surface area contributed by atoms with E-state index in [2.05, 4.69) is 0 Å². The minimum Gasteiger partial charge on any atom is -0.595 e. The SMILES string of the molecule is CC(C)OC(=O)c1ccccc1C(O)=C[NH+]([O-])O. The van der Waals surface area contributed by atoms with Crippen LogP contribution in [0.3, 0.4) is 0 Å². The molecule has 1 aromatic carbocycles. The number of aliphatic hydroxyl groups excluding tert-OH is 1. The molecule has 1 aromatic rings. The van der Waals surface area contributed by atoms with Crippen molar-refractivity contribution < 1.29 is 25.1 Å². The number of carbonyl (C=O) groups excluding carboxylic acids is 1. The standard InChI is InChI=1S/C12H15NO5/c1-8(2)18-12(15)10-6-4-3-5-9(10)11(14)7-13(16)17/h3-8,13-14,16H,1-2H3. The van der Waals surface area contributed by atoms with Gasteiger partial charge < -0.3 is 15.1 Å². The van der Waals surface area contributed by atoms with Gasteiger partial charge in [-0.1, -0.05) is 18.2 Å². The van der Waals surface area contributed by atoms with Gasteiger partial charge in [0.05, 0.1) is 11.7 Å². The van der Waals surface area contributed by atoms with Gasteiger partial charge >= 0.3 is 5.97 Å². The van der Waals surface area contributed by atoms with Crippen molar-refractivity contribution in [1.82, 2.24) is 0 Å². The van der Waals surface area contributed by atoms with E-state index in [4.69, 9.17) is 9.94 Å². The summed E-state index contributed by atoms with van der Waals surface area (Å²) in [5.74, 6) is -1.09.